The number of hydrogen-bond acceptors (Lipinski definition) is 3. The van der Waals surface area contributed by atoms with Crippen molar-refractivity contribution >= 4 is 5.97 Å². The highest BCUT2D eigenvalue weighted by molar-refractivity contribution is 5.70. The van der Waals surface area contributed by atoms with Gasteiger partial charge < -0.3 is 14.6 Å². The lowest BCUT2D eigenvalue weighted by atomic mass is 10.1. The highest BCUT2D eigenvalue weighted by Crippen LogP contribution is 2.28. The van der Waals surface area contributed by atoms with Gasteiger partial charge in [0, 0.05) is 0 Å². The van der Waals surface area contributed by atoms with Crippen LogP contribution < -0.4 is 9.47 Å². The lowest BCUT2D eigenvalue weighted by Crippen LogP contribution is -2.03. The monoisotopic (exact) mass is 252 g/mol. The molecule has 0 saturated heterocycles. The van der Waals surface area contributed by atoms with E-state index in [9.17, 15) is 4.79 Å². The van der Waals surface area contributed by atoms with E-state index in [1.54, 1.807) is 18.2 Å². The number of benzene rings is 1. The Morgan fingerprint density at radius 2 is 2.00 bits per heavy atom. The van der Waals surface area contributed by atoms with Crippen molar-refractivity contribution in [3.63, 3.8) is 0 Å². The second-order valence-corrected chi connectivity index (χ2v) is 3.99. The van der Waals surface area contributed by atoms with Crippen LogP contribution in [0.15, 0.2) is 18.2 Å². The van der Waals surface area contributed by atoms with Crippen molar-refractivity contribution in [1.82, 2.24) is 0 Å². The molecule has 1 rings (SSSR count). The van der Waals surface area contributed by atoms with Crippen LogP contribution in [0, 0.1) is 0 Å². The third kappa shape index (κ3) is 4.65. The van der Waals surface area contributed by atoms with Crippen molar-refractivity contribution < 1.29 is 19.4 Å². The summed E-state index contributed by atoms with van der Waals surface area (Å²) in [5.41, 5.74) is 0.716. The maximum absolute atomic E-state index is 10.7. The average Bonchev–Trinajstić information content (AvgIpc) is 2.32. The molecule has 0 aliphatic rings. The molecule has 1 N–H and O–H groups in total. The van der Waals surface area contributed by atoms with Gasteiger partial charge in [0.1, 0.15) is 0 Å². The SMILES string of the molecule is CCCCOc1ccc(CC(=O)O)cc1OCC. The van der Waals surface area contributed by atoms with Crippen LogP contribution in [0.5, 0.6) is 11.5 Å². The van der Waals surface area contributed by atoms with Crippen LogP contribution in [0.25, 0.3) is 0 Å². The highest BCUT2D eigenvalue weighted by atomic mass is 16.5. The van der Waals surface area contributed by atoms with Gasteiger partial charge in [0.25, 0.3) is 0 Å². The van der Waals surface area contributed by atoms with Gasteiger partial charge in [-0.1, -0.05) is 19.4 Å². The molecular formula is C14H20O4. The van der Waals surface area contributed by atoms with Gasteiger partial charge in [0.2, 0.25) is 0 Å². The van der Waals surface area contributed by atoms with Crippen LogP contribution in [0.3, 0.4) is 0 Å². The predicted octanol–water partition coefficient (Wildman–Crippen LogP) is 2.89. The number of carboxylic acids is 1. The fraction of sp³-hybridized carbons (Fsp3) is 0.500. The number of hydrogen-bond donors (Lipinski definition) is 1. The Labute approximate surface area is 108 Å². The molecule has 0 aromatic heterocycles. The lowest BCUT2D eigenvalue weighted by molar-refractivity contribution is -0.136. The Kier molecular flexibility index (Phi) is 6.05. The van der Waals surface area contributed by atoms with Crippen molar-refractivity contribution in [2.75, 3.05) is 13.2 Å². The van der Waals surface area contributed by atoms with Gasteiger partial charge in [-0.05, 0) is 31.0 Å². The molecule has 0 saturated carbocycles. The van der Waals surface area contributed by atoms with Crippen LogP contribution in [0.4, 0.5) is 0 Å². The third-order valence-electron chi connectivity index (χ3n) is 2.42. The van der Waals surface area contributed by atoms with E-state index in [2.05, 4.69) is 6.92 Å². The van der Waals surface area contributed by atoms with E-state index < -0.39 is 5.97 Å². The average molecular weight is 252 g/mol. The van der Waals surface area contributed by atoms with E-state index in [0.717, 1.165) is 12.8 Å². The van der Waals surface area contributed by atoms with Crippen molar-refractivity contribution in [3.05, 3.63) is 23.8 Å². The van der Waals surface area contributed by atoms with Gasteiger partial charge in [0.05, 0.1) is 19.6 Å². The van der Waals surface area contributed by atoms with Crippen LogP contribution in [0.2, 0.25) is 0 Å². The Balaban J connectivity index is 2.78. The summed E-state index contributed by atoms with van der Waals surface area (Å²) < 4.78 is 11.1. The van der Waals surface area contributed by atoms with E-state index in [0.29, 0.717) is 30.3 Å². The first-order chi connectivity index (χ1) is 8.67. The van der Waals surface area contributed by atoms with Crippen molar-refractivity contribution in [1.29, 1.82) is 0 Å². The second-order valence-electron chi connectivity index (χ2n) is 3.99. The summed E-state index contributed by atoms with van der Waals surface area (Å²) in [6.07, 6.45) is 2.05. The zero-order chi connectivity index (χ0) is 13.4. The first-order valence-electron chi connectivity index (χ1n) is 6.27. The van der Waals surface area contributed by atoms with Gasteiger partial charge in [-0.3, -0.25) is 4.79 Å². The molecule has 1 aromatic rings. The molecule has 0 atom stereocenters. The Morgan fingerprint density at radius 1 is 1.22 bits per heavy atom. The molecular weight excluding hydrogens is 232 g/mol. The molecule has 18 heavy (non-hydrogen) atoms. The smallest absolute Gasteiger partial charge is 0.307 e. The van der Waals surface area contributed by atoms with Gasteiger partial charge >= 0.3 is 5.97 Å². The molecule has 4 nitrogen and oxygen atoms in total. The molecule has 0 aliphatic carbocycles. The molecule has 4 heteroatoms. The lowest BCUT2D eigenvalue weighted by Gasteiger charge is -2.12. The zero-order valence-corrected chi connectivity index (χ0v) is 10.9. The number of carboxylic acid groups (broad SMARTS) is 1. The predicted molar refractivity (Wildman–Crippen MR) is 69.4 cm³/mol. The fourth-order valence-electron chi connectivity index (χ4n) is 1.55. The molecule has 1 aromatic carbocycles. The topological polar surface area (TPSA) is 55.8 Å². The van der Waals surface area contributed by atoms with E-state index >= 15 is 0 Å². The van der Waals surface area contributed by atoms with Gasteiger partial charge in [-0.2, -0.15) is 0 Å². The minimum Gasteiger partial charge on any atom is -0.490 e. The Bertz CT molecular complexity index is 387. The molecule has 100 valence electrons. The summed E-state index contributed by atoms with van der Waals surface area (Å²) in [7, 11) is 0. The molecule has 0 spiro atoms. The largest absolute Gasteiger partial charge is 0.490 e. The maximum atomic E-state index is 10.7. The van der Waals surface area contributed by atoms with Crippen molar-refractivity contribution in [2.24, 2.45) is 0 Å². The summed E-state index contributed by atoms with van der Waals surface area (Å²) in [5.74, 6) is 0.448. The molecule has 0 unspecified atom stereocenters. The quantitative estimate of drug-likeness (QED) is 0.723. The minimum atomic E-state index is -0.850. The first-order valence-corrected chi connectivity index (χ1v) is 6.27. The van der Waals surface area contributed by atoms with Gasteiger partial charge in [-0.25, -0.2) is 0 Å². The van der Waals surface area contributed by atoms with Crippen LogP contribution in [-0.4, -0.2) is 24.3 Å². The summed E-state index contributed by atoms with van der Waals surface area (Å²) in [6.45, 7) is 5.16. The standard InChI is InChI=1S/C14H20O4/c1-3-5-8-18-12-7-6-11(10-14(15)16)9-13(12)17-4-2/h6-7,9H,3-5,8,10H2,1-2H3,(H,15,16). The summed E-state index contributed by atoms with van der Waals surface area (Å²) >= 11 is 0. The van der Waals surface area contributed by atoms with Crippen LogP contribution in [0.1, 0.15) is 32.3 Å². The second kappa shape index (κ2) is 7.58. The number of ether oxygens (including phenoxy) is 2. The molecule has 0 amide bonds. The van der Waals surface area contributed by atoms with Gasteiger partial charge in [-0.15, -0.1) is 0 Å². The molecule has 0 bridgehead atoms. The fourth-order valence-corrected chi connectivity index (χ4v) is 1.55. The van der Waals surface area contributed by atoms with E-state index in [4.69, 9.17) is 14.6 Å². The van der Waals surface area contributed by atoms with E-state index in [1.165, 1.54) is 0 Å². The number of carbonyl (C=O) groups is 1. The van der Waals surface area contributed by atoms with E-state index in [-0.39, 0.29) is 6.42 Å². The first kappa shape index (κ1) is 14.4. The molecule has 0 fully saturated rings. The third-order valence-corrected chi connectivity index (χ3v) is 2.42. The van der Waals surface area contributed by atoms with Crippen LogP contribution in [-0.2, 0) is 11.2 Å². The summed E-state index contributed by atoms with van der Waals surface area (Å²) in [4.78, 5) is 10.7. The molecule has 0 heterocycles. The van der Waals surface area contributed by atoms with Crippen molar-refractivity contribution in [3.8, 4) is 11.5 Å². The van der Waals surface area contributed by atoms with Gasteiger partial charge in [0.15, 0.2) is 11.5 Å². The van der Waals surface area contributed by atoms with Crippen LogP contribution >= 0.6 is 0 Å². The minimum absolute atomic E-state index is 0.00465. The Morgan fingerprint density at radius 3 is 2.61 bits per heavy atom. The Hall–Kier alpha value is -1.71. The maximum Gasteiger partial charge on any atom is 0.307 e. The molecule has 0 radical (unpaired) electrons. The number of aliphatic carboxylic acids is 1. The number of rotatable bonds is 8. The summed E-state index contributed by atoms with van der Waals surface area (Å²) in [6, 6.07) is 5.27. The van der Waals surface area contributed by atoms with E-state index in [1.807, 2.05) is 6.92 Å². The zero-order valence-electron chi connectivity index (χ0n) is 10.9. The molecule has 0 aliphatic heterocycles. The summed E-state index contributed by atoms with van der Waals surface area (Å²) in [5, 5.41) is 8.76. The normalized spacial score (nSPS) is 10.1. The highest BCUT2D eigenvalue weighted by Gasteiger charge is 2.08. The number of unbranched alkanes of at least 4 members (excludes halogenated alkanes) is 1. The van der Waals surface area contributed by atoms with Crippen molar-refractivity contribution in [2.45, 2.75) is 33.1 Å².